The second-order valence-corrected chi connectivity index (χ2v) is 5.74. The van der Waals surface area contributed by atoms with Gasteiger partial charge in [-0.3, -0.25) is 0 Å². The van der Waals surface area contributed by atoms with E-state index in [1.807, 2.05) is 30.1 Å². The molecular weight excluding hydrogens is 300 g/mol. The van der Waals surface area contributed by atoms with Crippen molar-refractivity contribution in [2.45, 2.75) is 6.54 Å². The third-order valence-electron chi connectivity index (χ3n) is 2.19. The van der Waals surface area contributed by atoms with Crippen molar-refractivity contribution in [3.63, 3.8) is 0 Å². The van der Waals surface area contributed by atoms with Crippen LogP contribution in [0.5, 0.6) is 0 Å². The molecule has 0 fully saturated rings. The monoisotopic (exact) mass is 308 g/mol. The first-order chi connectivity index (χ1) is 8.19. The van der Waals surface area contributed by atoms with Gasteiger partial charge in [0, 0.05) is 13.6 Å². The molecule has 0 bridgehead atoms. The van der Waals surface area contributed by atoms with Crippen molar-refractivity contribution in [3.05, 3.63) is 39.3 Å². The molecule has 6 heteroatoms. The van der Waals surface area contributed by atoms with Crippen LogP contribution in [-0.2, 0) is 6.54 Å². The van der Waals surface area contributed by atoms with Gasteiger partial charge in [0.05, 0.1) is 11.6 Å². The van der Waals surface area contributed by atoms with Gasteiger partial charge >= 0.3 is 0 Å². The van der Waals surface area contributed by atoms with Crippen molar-refractivity contribution >= 4 is 32.4 Å². The van der Waals surface area contributed by atoms with E-state index in [2.05, 4.69) is 32.2 Å². The first-order valence-electron chi connectivity index (χ1n) is 4.88. The highest BCUT2D eigenvalue weighted by molar-refractivity contribution is 9.11. The molecule has 0 amide bonds. The molecule has 86 valence electrons. The topological polar surface area (TPSA) is 52.8 Å². The molecule has 0 aliphatic carbocycles. The lowest BCUT2D eigenvalue weighted by atomic mass is 10.1. The third kappa shape index (κ3) is 3.02. The summed E-state index contributed by atoms with van der Waals surface area (Å²) >= 11 is 4.76. The Balaban J connectivity index is 2.13. The molecule has 0 unspecified atom stereocenters. The van der Waals surface area contributed by atoms with E-state index >= 15 is 0 Å². The summed E-state index contributed by atoms with van der Waals surface area (Å²) in [4.78, 5) is 2.00. The molecular formula is C11H9BrN4S. The highest BCUT2D eigenvalue weighted by atomic mass is 79.9. The normalized spacial score (nSPS) is 9.94. The van der Waals surface area contributed by atoms with Gasteiger partial charge in [0.2, 0.25) is 5.13 Å². The minimum absolute atomic E-state index is 0.675. The molecule has 0 saturated heterocycles. The number of halogens is 1. The van der Waals surface area contributed by atoms with Gasteiger partial charge in [-0.2, -0.15) is 5.26 Å². The minimum atomic E-state index is 0.675. The second-order valence-electron chi connectivity index (χ2n) is 3.51. The predicted octanol–water partition coefficient (Wildman–Crippen LogP) is 2.81. The average Bonchev–Trinajstić information content (AvgIpc) is 2.76. The van der Waals surface area contributed by atoms with E-state index in [-0.39, 0.29) is 0 Å². The number of anilines is 1. The summed E-state index contributed by atoms with van der Waals surface area (Å²) in [6, 6.07) is 9.69. The number of aromatic nitrogens is 2. The number of rotatable bonds is 3. The van der Waals surface area contributed by atoms with Gasteiger partial charge in [-0.15, -0.1) is 10.2 Å². The van der Waals surface area contributed by atoms with E-state index in [0.717, 1.165) is 14.6 Å². The van der Waals surface area contributed by atoms with E-state index < -0.39 is 0 Å². The number of nitriles is 1. The van der Waals surface area contributed by atoms with E-state index in [9.17, 15) is 0 Å². The minimum Gasteiger partial charge on any atom is -0.345 e. The van der Waals surface area contributed by atoms with Gasteiger partial charge in [0.15, 0.2) is 3.92 Å². The summed E-state index contributed by atoms with van der Waals surface area (Å²) in [6.45, 7) is 0.706. The van der Waals surface area contributed by atoms with Crippen LogP contribution in [-0.4, -0.2) is 17.2 Å². The van der Waals surface area contributed by atoms with Gasteiger partial charge in [0.1, 0.15) is 0 Å². The summed E-state index contributed by atoms with van der Waals surface area (Å²) in [5, 5.41) is 17.6. The fourth-order valence-corrected chi connectivity index (χ4v) is 2.48. The molecule has 0 N–H and O–H groups in total. The average molecular weight is 309 g/mol. The molecule has 1 aromatic carbocycles. The zero-order chi connectivity index (χ0) is 12.3. The Morgan fingerprint density at radius 3 is 2.94 bits per heavy atom. The second kappa shape index (κ2) is 5.25. The van der Waals surface area contributed by atoms with E-state index in [0.29, 0.717) is 12.1 Å². The van der Waals surface area contributed by atoms with Crippen molar-refractivity contribution in [3.8, 4) is 6.07 Å². The molecule has 4 nitrogen and oxygen atoms in total. The third-order valence-corrected chi connectivity index (χ3v) is 3.66. The van der Waals surface area contributed by atoms with Crippen molar-refractivity contribution in [1.29, 1.82) is 5.26 Å². The summed E-state index contributed by atoms with van der Waals surface area (Å²) in [7, 11) is 1.95. The van der Waals surface area contributed by atoms with Gasteiger partial charge in [0.25, 0.3) is 0 Å². The summed E-state index contributed by atoms with van der Waals surface area (Å²) in [5.41, 5.74) is 1.76. The quantitative estimate of drug-likeness (QED) is 0.875. The van der Waals surface area contributed by atoms with Gasteiger partial charge in [-0.05, 0) is 33.6 Å². The fourth-order valence-electron chi connectivity index (χ4n) is 1.43. The largest absolute Gasteiger partial charge is 0.345 e. The Bertz CT molecular complexity index is 561. The lowest BCUT2D eigenvalue weighted by molar-refractivity contribution is 0.891. The van der Waals surface area contributed by atoms with Crippen LogP contribution in [0, 0.1) is 11.3 Å². The fraction of sp³-hybridized carbons (Fsp3) is 0.182. The van der Waals surface area contributed by atoms with Crippen molar-refractivity contribution in [1.82, 2.24) is 10.2 Å². The van der Waals surface area contributed by atoms with Crippen LogP contribution in [0.15, 0.2) is 28.2 Å². The smallest absolute Gasteiger partial charge is 0.209 e. The maximum atomic E-state index is 8.83. The van der Waals surface area contributed by atoms with E-state index in [4.69, 9.17) is 5.26 Å². The Morgan fingerprint density at radius 2 is 2.29 bits per heavy atom. The van der Waals surface area contributed by atoms with Gasteiger partial charge in [-0.1, -0.05) is 23.5 Å². The molecule has 0 spiro atoms. The SMILES string of the molecule is CN(Cc1cccc(C#N)c1)c1nnc(Br)s1. The molecule has 0 radical (unpaired) electrons. The zero-order valence-electron chi connectivity index (χ0n) is 9.09. The van der Waals surface area contributed by atoms with E-state index in [1.54, 1.807) is 6.07 Å². The lowest BCUT2D eigenvalue weighted by Gasteiger charge is -2.14. The highest BCUT2D eigenvalue weighted by Gasteiger charge is 2.08. The molecule has 17 heavy (non-hydrogen) atoms. The maximum absolute atomic E-state index is 8.83. The summed E-state index contributed by atoms with van der Waals surface area (Å²) in [5.74, 6) is 0. The van der Waals surface area contributed by atoms with Crippen LogP contribution in [0.2, 0.25) is 0 Å². The Morgan fingerprint density at radius 1 is 1.47 bits per heavy atom. The molecule has 0 saturated carbocycles. The zero-order valence-corrected chi connectivity index (χ0v) is 11.5. The Kier molecular flexibility index (Phi) is 3.71. The molecule has 1 heterocycles. The number of benzene rings is 1. The summed E-state index contributed by atoms with van der Waals surface area (Å²) in [6.07, 6.45) is 0. The van der Waals surface area contributed by atoms with Crippen LogP contribution in [0.25, 0.3) is 0 Å². The van der Waals surface area contributed by atoms with Gasteiger partial charge < -0.3 is 4.90 Å². The van der Waals surface area contributed by atoms with Crippen LogP contribution >= 0.6 is 27.3 Å². The predicted molar refractivity (Wildman–Crippen MR) is 70.9 cm³/mol. The summed E-state index contributed by atoms with van der Waals surface area (Å²) < 4.78 is 0.769. The first-order valence-corrected chi connectivity index (χ1v) is 6.49. The number of hydrogen-bond donors (Lipinski definition) is 0. The standard InChI is InChI=1S/C11H9BrN4S/c1-16(11-15-14-10(12)17-11)7-9-4-2-3-8(5-9)6-13/h2-5H,7H2,1H3. The van der Waals surface area contributed by atoms with Crippen molar-refractivity contribution < 1.29 is 0 Å². The molecule has 0 aliphatic heterocycles. The first kappa shape index (κ1) is 12.0. The van der Waals surface area contributed by atoms with Gasteiger partial charge in [-0.25, -0.2) is 0 Å². The Hall–Kier alpha value is -1.45. The van der Waals surface area contributed by atoms with E-state index in [1.165, 1.54) is 11.3 Å². The van der Waals surface area contributed by atoms with Crippen LogP contribution in [0.1, 0.15) is 11.1 Å². The van der Waals surface area contributed by atoms with Crippen molar-refractivity contribution in [2.75, 3.05) is 11.9 Å². The number of nitrogens with zero attached hydrogens (tertiary/aromatic N) is 4. The molecule has 2 rings (SSSR count). The molecule has 2 aromatic rings. The van der Waals surface area contributed by atoms with Crippen molar-refractivity contribution in [2.24, 2.45) is 0 Å². The highest BCUT2D eigenvalue weighted by Crippen LogP contribution is 2.24. The van der Waals surface area contributed by atoms with Crippen LogP contribution in [0.4, 0.5) is 5.13 Å². The number of hydrogen-bond acceptors (Lipinski definition) is 5. The Labute approximate surface area is 112 Å². The maximum Gasteiger partial charge on any atom is 0.209 e. The van der Waals surface area contributed by atoms with Crippen LogP contribution in [0.3, 0.4) is 0 Å². The molecule has 0 aliphatic rings. The molecule has 0 atom stereocenters. The lowest BCUT2D eigenvalue weighted by Crippen LogP contribution is -2.16. The molecule has 1 aromatic heterocycles. The van der Waals surface area contributed by atoms with Crippen LogP contribution < -0.4 is 4.90 Å².